The number of nitrogens with one attached hydrogen (secondary N) is 1. The Hall–Kier alpha value is -3.59. The van der Waals surface area contributed by atoms with Crippen LogP contribution in [-0.2, 0) is 31.0 Å². The van der Waals surface area contributed by atoms with Gasteiger partial charge >= 0.3 is 0 Å². The molecule has 9 heteroatoms. The highest BCUT2D eigenvalue weighted by Gasteiger charge is 2.18. The number of methoxy groups -OCH3 is 2. The summed E-state index contributed by atoms with van der Waals surface area (Å²) in [6, 6.07) is 13.8. The van der Waals surface area contributed by atoms with Crippen LogP contribution in [0.3, 0.4) is 0 Å². The largest absolute Gasteiger partial charge is 0.493 e. The van der Waals surface area contributed by atoms with Crippen LogP contribution in [0.1, 0.15) is 16.8 Å². The summed E-state index contributed by atoms with van der Waals surface area (Å²) >= 11 is 0. The highest BCUT2D eigenvalue weighted by atomic mass is 16.5. The molecular weight excluding hydrogens is 410 g/mol. The molecule has 3 aromatic rings. The number of ether oxygens (including phenoxy) is 3. The Labute approximate surface area is 186 Å². The van der Waals surface area contributed by atoms with E-state index in [0.29, 0.717) is 44.3 Å². The molecule has 1 amide bonds. The minimum Gasteiger partial charge on any atom is -0.493 e. The summed E-state index contributed by atoms with van der Waals surface area (Å²) in [5.41, 5.74) is 2.82. The van der Waals surface area contributed by atoms with Crippen LogP contribution >= 0.6 is 0 Å². The van der Waals surface area contributed by atoms with Crippen molar-refractivity contribution in [3.05, 3.63) is 65.5 Å². The Balaban J connectivity index is 1.67. The van der Waals surface area contributed by atoms with E-state index in [1.165, 1.54) is 0 Å². The summed E-state index contributed by atoms with van der Waals surface area (Å²) in [5, 5.41) is 11.2. The average Bonchev–Trinajstić information content (AvgIpc) is 3.23. The summed E-state index contributed by atoms with van der Waals surface area (Å²) in [5.74, 6) is 2.06. The number of aromatic nitrogens is 3. The Morgan fingerprint density at radius 3 is 2.78 bits per heavy atom. The standard InChI is InChI=1S/C23H27N5O4/c1-30-21-9-5-7-18(23(21)31-2)13-27-12-17-6-3-4-8-20(17)32-11-10-24-22(29)16-28-15-19(14-27)25-26-28/h3-9,15H,10-14,16H2,1-2H3,(H,24,29). The first-order chi connectivity index (χ1) is 15.7. The van der Waals surface area contributed by atoms with Gasteiger partial charge in [0.15, 0.2) is 11.5 Å². The number of para-hydroxylation sites is 2. The van der Waals surface area contributed by atoms with E-state index in [9.17, 15) is 4.79 Å². The van der Waals surface area contributed by atoms with Crippen molar-refractivity contribution in [1.82, 2.24) is 25.2 Å². The van der Waals surface area contributed by atoms with Gasteiger partial charge in [-0.05, 0) is 12.1 Å². The minimum atomic E-state index is -0.131. The Bertz CT molecular complexity index is 1070. The molecule has 1 aliphatic rings. The van der Waals surface area contributed by atoms with Gasteiger partial charge in [0.1, 0.15) is 18.9 Å². The number of nitrogens with zero attached hydrogens (tertiary/aromatic N) is 4. The van der Waals surface area contributed by atoms with Crippen LogP contribution < -0.4 is 19.5 Å². The summed E-state index contributed by atoms with van der Waals surface area (Å²) < 4.78 is 18.6. The molecule has 0 spiro atoms. The predicted octanol–water partition coefficient (Wildman–Crippen LogP) is 2.01. The van der Waals surface area contributed by atoms with Crippen LogP contribution in [0.25, 0.3) is 0 Å². The molecule has 0 saturated carbocycles. The van der Waals surface area contributed by atoms with Crippen LogP contribution in [0.5, 0.6) is 17.2 Å². The topological polar surface area (TPSA) is 90.7 Å². The number of benzene rings is 2. The lowest BCUT2D eigenvalue weighted by atomic mass is 10.1. The zero-order valence-corrected chi connectivity index (χ0v) is 18.3. The normalized spacial score (nSPS) is 15.1. The summed E-state index contributed by atoms with van der Waals surface area (Å²) in [7, 11) is 3.27. The van der Waals surface area contributed by atoms with Crippen LogP contribution in [0.2, 0.25) is 0 Å². The quantitative estimate of drug-likeness (QED) is 0.668. The molecule has 4 rings (SSSR count). The van der Waals surface area contributed by atoms with Gasteiger partial charge in [-0.25, -0.2) is 4.68 Å². The number of rotatable bonds is 4. The summed E-state index contributed by atoms with van der Waals surface area (Å²) in [6.07, 6.45) is 1.81. The third kappa shape index (κ3) is 5.17. The lowest BCUT2D eigenvalue weighted by Crippen LogP contribution is -2.31. The van der Waals surface area contributed by atoms with Gasteiger partial charge in [0.25, 0.3) is 0 Å². The van der Waals surface area contributed by atoms with Crippen LogP contribution in [0, 0.1) is 0 Å². The molecule has 0 aliphatic carbocycles. The number of hydrogen-bond acceptors (Lipinski definition) is 7. The highest BCUT2D eigenvalue weighted by molar-refractivity contribution is 5.75. The lowest BCUT2D eigenvalue weighted by Gasteiger charge is -2.24. The molecule has 1 aromatic heterocycles. The number of fused-ring (bicyclic) bond motifs is 3. The molecule has 0 atom stereocenters. The third-order valence-corrected chi connectivity index (χ3v) is 5.20. The van der Waals surface area contributed by atoms with E-state index in [1.807, 2.05) is 48.7 Å². The maximum atomic E-state index is 12.1. The molecule has 0 unspecified atom stereocenters. The first-order valence-electron chi connectivity index (χ1n) is 10.4. The Morgan fingerprint density at radius 2 is 1.94 bits per heavy atom. The summed E-state index contributed by atoms with van der Waals surface area (Å²) in [6.45, 7) is 2.69. The van der Waals surface area contributed by atoms with Crippen molar-refractivity contribution < 1.29 is 19.0 Å². The molecule has 168 valence electrons. The second-order valence-corrected chi connectivity index (χ2v) is 7.51. The van der Waals surface area contributed by atoms with Crippen molar-refractivity contribution in [1.29, 1.82) is 0 Å². The molecule has 2 heterocycles. The molecule has 2 bridgehead atoms. The van der Waals surface area contributed by atoms with Crippen LogP contribution in [0.4, 0.5) is 0 Å². The van der Waals surface area contributed by atoms with Crippen molar-refractivity contribution >= 4 is 5.91 Å². The first kappa shape index (κ1) is 21.6. The lowest BCUT2D eigenvalue weighted by molar-refractivity contribution is -0.121. The molecule has 0 saturated heterocycles. The molecule has 9 nitrogen and oxygen atoms in total. The van der Waals surface area contributed by atoms with Gasteiger partial charge < -0.3 is 19.5 Å². The molecule has 0 fully saturated rings. The van der Waals surface area contributed by atoms with Crippen molar-refractivity contribution in [2.45, 2.75) is 26.2 Å². The van der Waals surface area contributed by atoms with Crippen molar-refractivity contribution in [3.63, 3.8) is 0 Å². The van der Waals surface area contributed by atoms with Gasteiger partial charge in [0, 0.05) is 30.8 Å². The van der Waals surface area contributed by atoms with E-state index in [1.54, 1.807) is 18.9 Å². The molecule has 2 aromatic carbocycles. The molecule has 0 radical (unpaired) electrons. The average molecular weight is 438 g/mol. The second-order valence-electron chi connectivity index (χ2n) is 7.51. The van der Waals surface area contributed by atoms with Gasteiger partial charge in [-0.1, -0.05) is 35.5 Å². The Morgan fingerprint density at radius 1 is 1.06 bits per heavy atom. The molecule has 1 aliphatic heterocycles. The van der Waals surface area contributed by atoms with Crippen LogP contribution in [0.15, 0.2) is 48.7 Å². The second kappa shape index (κ2) is 10.1. The maximum Gasteiger partial charge on any atom is 0.241 e. The fourth-order valence-electron chi connectivity index (χ4n) is 3.77. The number of amides is 1. The molecular formula is C23H27N5O4. The van der Waals surface area contributed by atoms with Crippen LogP contribution in [-0.4, -0.2) is 53.2 Å². The van der Waals surface area contributed by atoms with Crippen molar-refractivity contribution in [3.8, 4) is 17.2 Å². The third-order valence-electron chi connectivity index (χ3n) is 5.20. The fraction of sp³-hybridized carbons (Fsp3) is 0.348. The zero-order chi connectivity index (χ0) is 22.3. The van der Waals surface area contributed by atoms with Gasteiger partial charge in [-0.2, -0.15) is 0 Å². The predicted molar refractivity (Wildman–Crippen MR) is 117 cm³/mol. The smallest absolute Gasteiger partial charge is 0.241 e. The summed E-state index contributed by atoms with van der Waals surface area (Å²) in [4.78, 5) is 14.4. The maximum absolute atomic E-state index is 12.1. The first-order valence-corrected chi connectivity index (χ1v) is 10.4. The van der Waals surface area contributed by atoms with E-state index in [2.05, 4.69) is 20.5 Å². The van der Waals surface area contributed by atoms with E-state index in [4.69, 9.17) is 14.2 Å². The monoisotopic (exact) mass is 437 g/mol. The molecule has 32 heavy (non-hydrogen) atoms. The number of carbonyl (C=O) groups excluding carboxylic acids is 1. The fourth-order valence-corrected chi connectivity index (χ4v) is 3.77. The van der Waals surface area contributed by atoms with E-state index in [-0.39, 0.29) is 12.5 Å². The SMILES string of the molecule is COc1cccc(CN2Cc3cn(nn3)CC(=O)NCCOc3ccccc3C2)c1OC. The highest BCUT2D eigenvalue weighted by Crippen LogP contribution is 2.32. The van der Waals surface area contributed by atoms with Gasteiger partial charge in [0.05, 0.1) is 32.7 Å². The minimum absolute atomic E-state index is 0.118. The van der Waals surface area contributed by atoms with Gasteiger partial charge in [-0.15, -0.1) is 5.10 Å². The zero-order valence-electron chi connectivity index (χ0n) is 18.3. The van der Waals surface area contributed by atoms with E-state index < -0.39 is 0 Å². The molecule has 1 N–H and O–H groups in total. The number of hydrogen-bond donors (Lipinski definition) is 1. The van der Waals surface area contributed by atoms with E-state index in [0.717, 1.165) is 22.6 Å². The van der Waals surface area contributed by atoms with Crippen molar-refractivity contribution in [2.24, 2.45) is 0 Å². The van der Waals surface area contributed by atoms with Gasteiger partial charge in [-0.3, -0.25) is 9.69 Å². The Kier molecular flexibility index (Phi) is 6.86. The number of carbonyl (C=O) groups is 1. The van der Waals surface area contributed by atoms with Gasteiger partial charge in [0.2, 0.25) is 5.91 Å². The van der Waals surface area contributed by atoms with E-state index >= 15 is 0 Å². The van der Waals surface area contributed by atoms with Crippen molar-refractivity contribution in [2.75, 3.05) is 27.4 Å².